The summed E-state index contributed by atoms with van der Waals surface area (Å²) in [6, 6.07) is 17.4. The molecule has 40 heavy (non-hydrogen) atoms. The molecule has 1 aliphatic rings. The number of carbonyl (C=O) groups is 2. The van der Waals surface area contributed by atoms with Crippen molar-refractivity contribution in [2.24, 2.45) is 0 Å². The molecule has 10 heteroatoms. The minimum absolute atomic E-state index is 0.00279. The Hall–Kier alpha value is -3.43. The summed E-state index contributed by atoms with van der Waals surface area (Å²) in [4.78, 5) is 28.6. The first kappa shape index (κ1) is 29.6. The second-order valence-corrected chi connectivity index (χ2v) is 12.4. The summed E-state index contributed by atoms with van der Waals surface area (Å²) in [5.41, 5.74) is 1.47. The maximum absolute atomic E-state index is 14.0. The SMILES string of the molecule is Cc1cc(Cl)ccc1N(CC(=O)N(Cc1ccc(F)cc1)C(C)C(=O)NC1CCCC1)S(=O)(=O)c1ccccc1. The molecule has 0 aliphatic heterocycles. The Kier molecular flexibility index (Phi) is 9.48. The number of rotatable bonds is 10. The van der Waals surface area contributed by atoms with Gasteiger partial charge in [-0.1, -0.05) is 54.8 Å². The fraction of sp³-hybridized carbons (Fsp3) is 0.333. The fourth-order valence-corrected chi connectivity index (χ4v) is 6.62. The molecule has 0 aromatic heterocycles. The van der Waals surface area contributed by atoms with Gasteiger partial charge in [-0.05, 0) is 80.3 Å². The highest BCUT2D eigenvalue weighted by Crippen LogP contribution is 2.29. The van der Waals surface area contributed by atoms with Gasteiger partial charge < -0.3 is 10.2 Å². The maximum Gasteiger partial charge on any atom is 0.264 e. The average molecular weight is 586 g/mol. The van der Waals surface area contributed by atoms with Crippen molar-refractivity contribution in [1.29, 1.82) is 0 Å². The number of hydrogen-bond donors (Lipinski definition) is 1. The van der Waals surface area contributed by atoms with E-state index in [4.69, 9.17) is 11.6 Å². The Balaban J connectivity index is 1.70. The Labute approximate surface area is 240 Å². The van der Waals surface area contributed by atoms with Gasteiger partial charge in [0.1, 0.15) is 18.4 Å². The number of halogens is 2. The van der Waals surface area contributed by atoms with Crippen molar-refractivity contribution < 1.29 is 22.4 Å². The van der Waals surface area contributed by atoms with Crippen LogP contribution < -0.4 is 9.62 Å². The number of aryl methyl sites for hydroxylation is 1. The first-order valence-corrected chi connectivity index (χ1v) is 15.1. The zero-order valence-corrected chi connectivity index (χ0v) is 24.1. The molecule has 3 aromatic carbocycles. The smallest absolute Gasteiger partial charge is 0.264 e. The maximum atomic E-state index is 14.0. The van der Waals surface area contributed by atoms with Gasteiger partial charge in [0.15, 0.2) is 0 Å². The summed E-state index contributed by atoms with van der Waals surface area (Å²) in [7, 11) is -4.17. The highest BCUT2D eigenvalue weighted by atomic mass is 35.5. The van der Waals surface area contributed by atoms with E-state index in [1.807, 2.05) is 0 Å². The molecule has 2 amide bonds. The van der Waals surface area contributed by atoms with Crippen molar-refractivity contribution >= 4 is 39.1 Å². The van der Waals surface area contributed by atoms with Crippen LogP contribution in [-0.2, 0) is 26.2 Å². The second kappa shape index (κ2) is 12.8. The van der Waals surface area contributed by atoms with Crippen LogP contribution in [0.25, 0.3) is 0 Å². The molecule has 0 spiro atoms. The zero-order chi connectivity index (χ0) is 28.9. The van der Waals surface area contributed by atoms with Gasteiger partial charge >= 0.3 is 0 Å². The molecular weight excluding hydrogens is 553 g/mol. The van der Waals surface area contributed by atoms with E-state index < -0.39 is 34.3 Å². The highest BCUT2D eigenvalue weighted by molar-refractivity contribution is 7.92. The largest absolute Gasteiger partial charge is 0.352 e. The van der Waals surface area contributed by atoms with Gasteiger partial charge in [-0.3, -0.25) is 13.9 Å². The van der Waals surface area contributed by atoms with Gasteiger partial charge in [0.2, 0.25) is 11.8 Å². The van der Waals surface area contributed by atoms with Crippen molar-refractivity contribution in [3.63, 3.8) is 0 Å². The Morgan fingerprint density at radius 1 is 1.02 bits per heavy atom. The summed E-state index contributed by atoms with van der Waals surface area (Å²) in [6.07, 6.45) is 3.82. The molecule has 0 radical (unpaired) electrons. The number of nitrogens with one attached hydrogen (secondary N) is 1. The molecule has 3 aromatic rings. The van der Waals surface area contributed by atoms with E-state index in [1.54, 1.807) is 62.4 Å². The fourth-order valence-electron chi connectivity index (χ4n) is 4.89. The molecule has 0 saturated heterocycles. The van der Waals surface area contributed by atoms with Crippen LogP contribution in [0.5, 0.6) is 0 Å². The van der Waals surface area contributed by atoms with E-state index in [0.29, 0.717) is 21.8 Å². The van der Waals surface area contributed by atoms with Crippen LogP contribution >= 0.6 is 11.6 Å². The highest BCUT2D eigenvalue weighted by Gasteiger charge is 2.33. The quantitative estimate of drug-likeness (QED) is 0.342. The van der Waals surface area contributed by atoms with E-state index in [9.17, 15) is 22.4 Å². The van der Waals surface area contributed by atoms with Gasteiger partial charge in [0, 0.05) is 17.6 Å². The topological polar surface area (TPSA) is 86.8 Å². The van der Waals surface area contributed by atoms with Crippen LogP contribution in [-0.4, -0.2) is 43.8 Å². The summed E-state index contributed by atoms with van der Waals surface area (Å²) < 4.78 is 42.4. The summed E-state index contributed by atoms with van der Waals surface area (Å²) in [5, 5.41) is 3.46. The number of benzene rings is 3. The van der Waals surface area contributed by atoms with E-state index in [-0.39, 0.29) is 23.4 Å². The normalized spacial score (nSPS) is 14.5. The van der Waals surface area contributed by atoms with Gasteiger partial charge in [-0.15, -0.1) is 0 Å². The van der Waals surface area contributed by atoms with Crippen molar-refractivity contribution in [3.8, 4) is 0 Å². The minimum Gasteiger partial charge on any atom is -0.352 e. The van der Waals surface area contributed by atoms with Crippen LogP contribution in [0.3, 0.4) is 0 Å². The molecule has 7 nitrogen and oxygen atoms in total. The molecule has 4 rings (SSSR count). The first-order valence-electron chi connectivity index (χ1n) is 13.2. The first-order chi connectivity index (χ1) is 19.1. The average Bonchev–Trinajstić information content (AvgIpc) is 3.45. The monoisotopic (exact) mass is 585 g/mol. The predicted molar refractivity (Wildman–Crippen MR) is 154 cm³/mol. The molecule has 0 heterocycles. The number of hydrogen-bond acceptors (Lipinski definition) is 4. The van der Waals surface area contributed by atoms with Gasteiger partial charge in [-0.25, -0.2) is 12.8 Å². The molecular formula is C30H33ClFN3O4S. The predicted octanol–water partition coefficient (Wildman–Crippen LogP) is 5.46. The van der Waals surface area contributed by atoms with Gasteiger partial charge in [-0.2, -0.15) is 0 Å². The van der Waals surface area contributed by atoms with Crippen molar-refractivity contribution in [2.75, 3.05) is 10.8 Å². The Morgan fingerprint density at radius 2 is 1.68 bits per heavy atom. The van der Waals surface area contributed by atoms with Crippen LogP contribution in [0.1, 0.15) is 43.7 Å². The van der Waals surface area contributed by atoms with Crippen molar-refractivity contribution in [1.82, 2.24) is 10.2 Å². The number of sulfonamides is 1. The van der Waals surface area contributed by atoms with Gasteiger partial charge in [0.25, 0.3) is 10.0 Å². The third kappa shape index (κ3) is 7.01. The minimum atomic E-state index is -4.17. The van der Waals surface area contributed by atoms with E-state index in [1.165, 1.54) is 29.2 Å². The standard InChI is InChI=1S/C30H33ClFN3O4S/c1-21-18-24(31)14-17-28(21)35(40(38,39)27-10-4-3-5-11-27)20-29(36)34(19-23-12-15-25(32)16-13-23)22(2)30(37)33-26-8-6-7-9-26/h3-5,10-18,22,26H,6-9,19-20H2,1-2H3,(H,33,37). The third-order valence-electron chi connectivity index (χ3n) is 7.17. The molecule has 1 atom stereocenters. The molecule has 1 saturated carbocycles. The van der Waals surface area contributed by atoms with Crippen LogP contribution in [0, 0.1) is 12.7 Å². The van der Waals surface area contributed by atoms with Crippen molar-refractivity contribution in [2.45, 2.75) is 63.1 Å². The van der Waals surface area contributed by atoms with Crippen LogP contribution in [0.4, 0.5) is 10.1 Å². The molecule has 1 N–H and O–H groups in total. The molecule has 212 valence electrons. The lowest BCUT2D eigenvalue weighted by molar-refractivity contribution is -0.139. The number of nitrogens with zero attached hydrogens (tertiary/aromatic N) is 2. The van der Waals surface area contributed by atoms with Crippen LogP contribution in [0.2, 0.25) is 5.02 Å². The molecule has 1 aliphatic carbocycles. The summed E-state index contributed by atoms with van der Waals surface area (Å²) in [6.45, 7) is 2.78. The van der Waals surface area contributed by atoms with Crippen LogP contribution in [0.15, 0.2) is 77.7 Å². The van der Waals surface area contributed by atoms with E-state index >= 15 is 0 Å². The lowest BCUT2D eigenvalue weighted by atomic mass is 10.1. The third-order valence-corrected chi connectivity index (χ3v) is 9.18. The molecule has 1 fully saturated rings. The Bertz CT molecular complexity index is 1450. The Morgan fingerprint density at radius 3 is 2.30 bits per heavy atom. The van der Waals surface area contributed by atoms with E-state index in [0.717, 1.165) is 30.0 Å². The van der Waals surface area contributed by atoms with Gasteiger partial charge in [0.05, 0.1) is 10.6 Å². The van der Waals surface area contributed by atoms with Crippen molar-refractivity contribution in [3.05, 3.63) is 94.8 Å². The number of amides is 2. The molecule has 0 bridgehead atoms. The second-order valence-electron chi connectivity index (χ2n) is 10.1. The number of carbonyl (C=O) groups excluding carboxylic acids is 2. The molecule has 1 unspecified atom stereocenters. The summed E-state index contributed by atoms with van der Waals surface area (Å²) in [5.74, 6) is -1.32. The summed E-state index contributed by atoms with van der Waals surface area (Å²) >= 11 is 6.14. The lowest BCUT2D eigenvalue weighted by Crippen LogP contribution is -2.52. The zero-order valence-electron chi connectivity index (χ0n) is 22.5. The lowest BCUT2D eigenvalue weighted by Gasteiger charge is -2.33. The van der Waals surface area contributed by atoms with E-state index in [2.05, 4.69) is 5.32 Å². The number of anilines is 1.